The Morgan fingerprint density at radius 2 is 1.91 bits per heavy atom. The number of hydrogen-bond donors (Lipinski definition) is 1. The van der Waals surface area contributed by atoms with E-state index in [1.807, 2.05) is 56.5 Å². The van der Waals surface area contributed by atoms with Gasteiger partial charge >= 0.3 is 0 Å². The van der Waals surface area contributed by atoms with E-state index in [-0.39, 0.29) is 11.3 Å². The Kier molecular flexibility index (Phi) is 6.09. The smallest absolute Gasteiger partial charge is 0.300 e. The van der Waals surface area contributed by atoms with Crippen molar-refractivity contribution in [2.24, 2.45) is 0 Å². The summed E-state index contributed by atoms with van der Waals surface area (Å²) >= 11 is 7.60. The molecule has 0 bridgehead atoms. The molecule has 3 aromatic rings. The fourth-order valence-electron chi connectivity index (χ4n) is 3.76. The van der Waals surface area contributed by atoms with E-state index >= 15 is 0 Å². The Labute approximate surface area is 195 Å². The predicted molar refractivity (Wildman–Crippen MR) is 128 cm³/mol. The summed E-state index contributed by atoms with van der Waals surface area (Å²) in [5, 5.41) is 13.5. The summed E-state index contributed by atoms with van der Waals surface area (Å²) in [5.41, 5.74) is 3.10. The third-order valence-corrected chi connectivity index (χ3v) is 6.77. The Balaban J connectivity index is 1.91. The fraction of sp³-hybridized carbons (Fsp3) is 0.200. The number of amides is 1. The van der Waals surface area contributed by atoms with Crippen molar-refractivity contribution in [2.45, 2.75) is 26.8 Å². The van der Waals surface area contributed by atoms with E-state index in [1.165, 1.54) is 16.2 Å². The van der Waals surface area contributed by atoms with E-state index < -0.39 is 17.7 Å². The highest BCUT2D eigenvalue weighted by atomic mass is 35.5. The molecule has 0 saturated carbocycles. The van der Waals surface area contributed by atoms with Gasteiger partial charge in [-0.05, 0) is 73.7 Å². The lowest BCUT2D eigenvalue weighted by molar-refractivity contribution is -0.132. The van der Waals surface area contributed by atoms with Crippen molar-refractivity contribution in [1.82, 2.24) is 0 Å². The van der Waals surface area contributed by atoms with Gasteiger partial charge in [0.05, 0.1) is 17.2 Å². The maximum atomic E-state index is 13.2. The van der Waals surface area contributed by atoms with Crippen LogP contribution in [0.2, 0.25) is 5.02 Å². The highest BCUT2D eigenvalue weighted by Gasteiger charge is 2.47. The van der Waals surface area contributed by atoms with E-state index in [4.69, 9.17) is 16.3 Å². The summed E-state index contributed by atoms with van der Waals surface area (Å²) in [5.74, 6) is -1.26. The van der Waals surface area contributed by atoms with Gasteiger partial charge in [-0.25, -0.2) is 0 Å². The monoisotopic (exact) mass is 467 g/mol. The Morgan fingerprint density at radius 1 is 1.12 bits per heavy atom. The Bertz CT molecular complexity index is 1230. The molecule has 1 unspecified atom stereocenters. The van der Waals surface area contributed by atoms with Crippen molar-refractivity contribution in [3.05, 3.63) is 86.1 Å². The highest BCUT2D eigenvalue weighted by Crippen LogP contribution is 2.44. The van der Waals surface area contributed by atoms with Crippen LogP contribution in [0.15, 0.2) is 59.5 Å². The largest absolute Gasteiger partial charge is 0.507 e. The number of aryl methyl sites for hydroxylation is 2. The van der Waals surface area contributed by atoms with Gasteiger partial charge in [0, 0.05) is 16.1 Å². The van der Waals surface area contributed by atoms with Crippen molar-refractivity contribution >= 4 is 46.1 Å². The number of aliphatic hydroxyl groups excluding tert-OH is 1. The number of anilines is 1. The molecule has 1 aliphatic rings. The lowest BCUT2D eigenvalue weighted by Crippen LogP contribution is -2.29. The second-order valence-corrected chi connectivity index (χ2v) is 8.92. The number of rotatable bonds is 5. The zero-order valence-corrected chi connectivity index (χ0v) is 19.5. The van der Waals surface area contributed by atoms with Crippen LogP contribution in [0.3, 0.4) is 0 Å². The number of benzene rings is 2. The minimum atomic E-state index is -0.733. The van der Waals surface area contributed by atoms with Crippen LogP contribution in [0.5, 0.6) is 5.75 Å². The number of Topliss-reactive ketones (excluding diaryl/α,β-unsaturated/α-hetero) is 1. The minimum Gasteiger partial charge on any atom is -0.507 e. The SMILES string of the molecule is CCOc1cc(/C(O)=C2/C(=O)C(=O)N(c3ccc(C)c(C)c3)C2c2cccs2)ccc1Cl. The normalized spacial score (nSPS) is 17.8. The third kappa shape index (κ3) is 3.80. The maximum absolute atomic E-state index is 13.2. The number of ether oxygens (including phenoxy) is 1. The maximum Gasteiger partial charge on any atom is 0.300 e. The number of nitrogens with zero attached hydrogens (tertiary/aromatic N) is 1. The van der Waals surface area contributed by atoms with Crippen LogP contribution in [0.4, 0.5) is 5.69 Å². The fourth-order valence-corrected chi connectivity index (χ4v) is 4.76. The molecule has 5 nitrogen and oxygen atoms in total. The van der Waals surface area contributed by atoms with Crippen molar-refractivity contribution in [2.75, 3.05) is 11.5 Å². The third-order valence-electron chi connectivity index (χ3n) is 5.53. The molecule has 2 aromatic carbocycles. The molecule has 1 aliphatic heterocycles. The predicted octanol–water partition coefficient (Wildman–Crippen LogP) is 6.04. The summed E-state index contributed by atoms with van der Waals surface area (Å²) < 4.78 is 5.53. The quantitative estimate of drug-likeness (QED) is 0.282. The number of aliphatic hydroxyl groups is 1. The van der Waals surface area contributed by atoms with Crippen LogP contribution < -0.4 is 9.64 Å². The number of hydrogen-bond acceptors (Lipinski definition) is 5. The molecule has 0 radical (unpaired) electrons. The molecular weight excluding hydrogens is 446 g/mol. The van der Waals surface area contributed by atoms with Gasteiger partial charge in [0.1, 0.15) is 17.6 Å². The summed E-state index contributed by atoms with van der Waals surface area (Å²) in [4.78, 5) is 28.6. The molecule has 0 aliphatic carbocycles. The summed E-state index contributed by atoms with van der Waals surface area (Å²) in [6, 6.07) is 13.4. The van der Waals surface area contributed by atoms with Crippen molar-refractivity contribution in [1.29, 1.82) is 0 Å². The molecule has 7 heteroatoms. The Hall–Kier alpha value is -3.09. The van der Waals surface area contributed by atoms with Gasteiger partial charge in [-0.3, -0.25) is 14.5 Å². The first-order valence-electron chi connectivity index (χ1n) is 10.2. The van der Waals surface area contributed by atoms with Gasteiger partial charge in [-0.15, -0.1) is 11.3 Å². The molecule has 0 spiro atoms. The van der Waals surface area contributed by atoms with Crippen LogP contribution >= 0.6 is 22.9 Å². The first kappa shape index (κ1) is 22.1. The van der Waals surface area contributed by atoms with Gasteiger partial charge < -0.3 is 9.84 Å². The average molecular weight is 468 g/mol. The summed E-state index contributed by atoms with van der Waals surface area (Å²) in [6.07, 6.45) is 0. The lowest BCUT2D eigenvalue weighted by atomic mass is 9.99. The minimum absolute atomic E-state index is 0.0421. The van der Waals surface area contributed by atoms with Crippen LogP contribution in [-0.2, 0) is 9.59 Å². The van der Waals surface area contributed by atoms with E-state index in [9.17, 15) is 14.7 Å². The molecule has 1 amide bonds. The van der Waals surface area contributed by atoms with Crippen molar-refractivity contribution < 1.29 is 19.4 Å². The molecule has 32 heavy (non-hydrogen) atoms. The van der Waals surface area contributed by atoms with E-state index in [0.717, 1.165) is 16.0 Å². The zero-order chi connectivity index (χ0) is 23.0. The molecule has 164 valence electrons. The van der Waals surface area contributed by atoms with Gasteiger partial charge in [0.25, 0.3) is 11.7 Å². The topological polar surface area (TPSA) is 66.8 Å². The molecular formula is C25H22ClNO4S. The number of ketones is 1. The van der Waals surface area contributed by atoms with Crippen LogP contribution in [-0.4, -0.2) is 23.4 Å². The van der Waals surface area contributed by atoms with Crippen LogP contribution in [0, 0.1) is 13.8 Å². The first-order chi connectivity index (χ1) is 15.3. The Morgan fingerprint density at radius 3 is 2.56 bits per heavy atom. The summed E-state index contributed by atoms with van der Waals surface area (Å²) in [6.45, 7) is 6.17. The van der Waals surface area contributed by atoms with Crippen molar-refractivity contribution in [3.63, 3.8) is 0 Å². The molecule has 1 saturated heterocycles. The number of halogens is 1. The van der Waals surface area contributed by atoms with E-state index in [2.05, 4.69) is 0 Å². The van der Waals surface area contributed by atoms with Gasteiger partial charge in [-0.2, -0.15) is 0 Å². The molecule has 1 fully saturated rings. The van der Waals surface area contributed by atoms with E-state index in [0.29, 0.717) is 28.6 Å². The average Bonchev–Trinajstić information content (AvgIpc) is 3.39. The van der Waals surface area contributed by atoms with Crippen LogP contribution in [0.1, 0.15) is 34.5 Å². The molecule has 1 atom stereocenters. The second-order valence-electron chi connectivity index (χ2n) is 7.53. The molecule has 1 N–H and O–H groups in total. The second kappa shape index (κ2) is 8.81. The van der Waals surface area contributed by atoms with E-state index in [1.54, 1.807) is 18.2 Å². The van der Waals surface area contributed by atoms with Gasteiger partial charge in [0.15, 0.2) is 0 Å². The zero-order valence-electron chi connectivity index (χ0n) is 17.9. The molecule has 1 aromatic heterocycles. The number of carbonyl (C=O) groups excluding carboxylic acids is 2. The number of carbonyl (C=O) groups is 2. The summed E-state index contributed by atoms with van der Waals surface area (Å²) in [7, 11) is 0. The lowest BCUT2D eigenvalue weighted by Gasteiger charge is -2.25. The molecule has 2 heterocycles. The van der Waals surface area contributed by atoms with Gasteiger partial charge in [-0.1, -0.05) is 23.7 Å². The first-order valence-corrected chi connectivity index (χ1v) is 11.4. The number of thiophene rings is 1. The van der Waals surface area contributed by atoms with Crippen LogP contribution in [0.25, 0.3) is 5.76 Å². The van der Waals surface area contributed by atoms with Crippen molar-refractivity contribution in [3.8, 4) is 5.75 Å². The highest BCUT2D eigenvalue weighted by molar-refractivity contribution is 7.10. The van der Waals surface area contributed by atoms with Gasteiger partial charge in [0.2, 0.25) is 0 Å². The standard InChI is InChI=1S/C25H22ClNO4S/c1-4-31-19-13-16(8-10-18(19)26)23(28)21-22(20-6-5-11-32-20)27(25(30)24(21)29)17-9-7-14(2)15(3)12-17/h5-13,22,28H,4H2,1-3H3/b23-21-. The molecule has 4 rings (SSSR count).